The van der Waals surface area contributed by atoms with Crippen LogP contribution in [0.2, 0.25) is 0 Å². The number of rotatable bonds is 3. The molecule has 3 nitrogen and oxygen atoms in total. The molecule has 2 atom stereocenters. The lowest BCUT2D eigenvalue weighted by atomic mass is 9.99. The smallest absolute Gasteiger partial charge is 0.119 e. The Morgan fingerprint density at radius 2 is 2.07 bits per heavy atom. The summed E-state index contributed by atoms with van der Waals surface area (Å²) in [5, 5.41) is 9.82. The SMILES string of the molecule is COc1ccc(C)c([C@H](O)[C@@H](C)N)c1. The van der Waals surface area contributed by atoms with Crippen molar-refractivity contribution in [1.82, 2.24) is 0 Å². The first kappa shape index (κ1) is 11.0. The molecule has 78 valence electrons. The van der Waals surface area contributed by atoms with Gasteiger partial charge in [0.2, 0.25) is 0 Å². The van der Waals surface area contributed by atoms with Gasteiger partial charge >= 0.3 is 0 Å². The van der Waals surface area contributed by atoms with E-state index in [4.69, 9.17) is 10.5 Å². The van der Waals surface area contributed by atoms with Gasteiger partial charge in [-0.1, -0.05) is 6.07 Å². The maximum absolute atomic E-state index is 9.82. The largest absolute Gasteiger partial charge is 0.497 e. The molecule has 0 fully saturated rings. The van der Waals surface area contributed by atoms with Crippen LogP contribution in [-0.2, 0) is 0 Å². The van der Waals surface area contributed by atoms with E-state index in [-0.39, 0.29) is 6.04 Å². The molecule has 0 amide bonds. The number of hydrogen-bond donors (Lipinski definition) is 2. The molecule has 1 rings (SSSR count). The van der Waals surface area contributed by atoms with Crippen molar-refractivity contribution < 1.29 is 9.84 Å². The summed E-state index contributed by atoms with van der Waals surface area (Å²) in [6.07, 6.45) is -0.634. The molecule has 14 heavy (non-hydrogen) atoms. The number of methoxy groups -OCH3 is 1. The van der Waals surface area contributed by atoms with Gasteiger partial charge in [-0.2, -0.15) is 0 Å². The fourth-order valence-corrected chi connectivity index (χ4v) is 1.35. The highest BCUT2D eigenvalue weighted by molar-refractivity contribution is 5.36. The second kappa shape index (κ2) is 4.44. The average Bonchev–Trinajstić information content (AvgIpc) is 2.17. The molecule has 3 heteroatoms. The summed E-state index contributed by atoms with van der Waals surface area (Å²) in [7, 11) is 1.60. The molecule has 0 saturated carbocycles. The van der Waals surface area contributed by atoms with E-state index >= 15 is 0 Å². The van der Waals surface area contributed by atoms with Crippen molar-refractivity contribution in [1.29, 1.82) is 0 Å². The molecule has 0 aliphatic rings. The summed E-state index contributed by atoms with van der Waals surface area (Å²) in [6.45, 7) is 3.73. The number of aliphatic hydroxyl groups is 1. The van der Waals surface area contributed by atoms with Crippen molar-refractivity contribution in [3.8, 4) is 5.75 Å². The Labute approximate surface area is 84.5 Å². The second-order valence-corrected chi connectivity index (χ2v) is 3.53. The lowest BCUT2D eigenvalue weighted by Gasteiger charge is -2.17. The van der Waals surface area contributed by atoms with E-state index in [0.29, 0.717) is 0 Å². The third-order valence-corrected chi connectivity index (χ3v) is 2.30. The average molecular weight is 195 g/mol. The van der Waals surface area contributed by atoms with Gasteiger partial charge in [-0.3, -0.25) is 0 Å². The van der Waals surface area contributed by atoms with Crippen molar-refractivity contribution >= 4 is 0 Å². The maximum atomic E-state index is 9.82. The number of hydrogen-bond acceptors (Lipinski definition) is 3. The third-order valence-electron chi connectivity index (χ3n) is 2.30. The van der Waals surface area contributed by atoms with Crippen LogP contribution >= 0.6 is 0 Å². The van der Waals surface area contributed by atoms with E-state index in [0.717, 1.165) is 16.9 Å². The molecule has 1 aromatic rings. The molecule has 0 radical (unpaired) electrons. The number of nitrogens with two attached hydrogens (primary N) is 1. The predicted octanol–water partition coefficient (Wildman–Crippen LogP) is 1.38. The molecule has 0 spiro atoms. The molecular formula is C11H17NO2. The molecule has 0 aliphatic heterocycles. The Balaban J connectivity index is 3.05. The monoisotopic (exact) mass is 195 g/mol. The van der Waals surface area contributed by atoms with Gasteiger partial charge in [0.25, 0.3) is 0 Å². The number of aliphatic hydroxyl groups excluding tert-OH is 1. The highest BCUT2D eigenvalue weighted by Gasteiger charge is 2.15. The van der Waals surface area contributed by atoms with Crippen LogP contribution in [0.5, 0.6) is 5.75 Å². The van der Waals surface area contributed by atoms with Gasteiger partial charge < -0.3 is 15.6 Å². The van der Waals surface area contributed by atoms with Crippen LogP contribution in [0.1, 0.15) is 24.2 Å². The zero-order valence-electron chi connectivity index (χ0n) is 8.82. The van der Waals surface area contributed by atoms with Crippen molar-refractivity contribution in [2.24, 2.45) is 5.73 Å². The zero-order chi connectivity index (χ0) is 10.7. The molecule has 1 aromatic carbocycles. The van der Waals surface area contributed by atoms with Crippen molar-refractivity contribution in [3.63, 3.8) is 0 Å². The summed E-state index contributed by atoms with van der Waals surface area (Å²) in [4.78, 5) is 0. The molecule has 3 N–H and O–H groups in total. The Morgan fingerprint density at radius 1 is 1.43 bits per heavy atom. The first-order valence-electron chi connectivity index (χ1n) is 4.64. The minimum atomic E-state index is -0.634. The highest BCUT2D eigenvalue weighted by Crippen LogP contribution is 2.24. The van der Waals surface area contributed by atoms with Crippen LogP contribution in [0.3, 0.4) is 0 Å². The Morgan fingerprint density at radius 3 is 2.57 bits per heavy atom. The minimum absolute atomic E-state index is 0.277. The van der Waals surface area contributed by atoms with Crippen LogP contribution in [0, 0.1) is 6.92 Å². The van der Waals surface area contributed by atoms with E-state index in [9.17, 15) is 5.11 Å². The van der Waals surface area contributed by atoms with Crippen molar-refractivity contribution in [2.75, 3.05) is 7.11 Å². The normalized spacial score (nSPS) is 14.9. The van der Waals surface area contributed by atoms with E-state index in [1.807, 2.05) is 25.1 Å². The lowest BCUT2D eigenvalue weighted by molar-refractivity contribution is 0.152. The third kappa shape index (κ3) is 2.25. The zero-order valence-corrected chi connectivity index (χ0v) is 8.82. The van der Waals surface area contributed by atoms with Gasteiger partial charge in [0, 0.05) is 6.04 Å². The van der Waals surface area contributed by atoms with E-state index in [1.165, 1.54) is 0 Å². The Bertz CT molecular complexity index is 310. The molecule has 0 heterocycles. The predicted molar refractivity (Wildman–Crippen MR) is 56.3 cm³/mol. The first-order valence-corrected chi connectivity index (χ1v) is 4.64. The van der Waals surface area contributed by atoms with Gasteiger partial charge in [0.15, 0.2) is 0 Å². The van der Waals surface area contributed by atoms with Gasteiger partial charge in [0.05, 0.1) is 13.2 Å². The van der Waals surface area contributed by atoms with E-state index < -0.39 is 6.10 Å². The maximum Gasteiger partial charge on any atom is 0.119 e. The van der Waals surface area contributed by atoms with Crippen molar-refractivity contribution in [3.05, 3.63) is 29.3 Å². The summed E-state index contributed by atoms with van der Waals surface area (Å²) in [5.41, 5.74) is 7.49. The Hall–Kier alpha value is -1.06. The van der Waals surface area contributed by atoms with Gasteiger partial charge in [-0.25, -0.2) is 0 Å². The highest BCUT2D eigenvalue weighted by atomic mass is 16.5. The topological polar surface area (TPSA) is 55.5 Å². The molecular weight excluding hydrogens is 178 g/mol. The number of benzene rings is 1. The number of ether oxygens (including phenoxy) is 1. The van der Waals surface area contributed by atoms with Crippen LogP contribution < -0.4 is 10.5 Å². The molecule has 0 aliphatic carbocycles. The summed E-state index contributed by atoms with van der Waals surface area (Å²) in [6, 6.07) is 5.33. The van der Waals surface area contributed by atoms with E-state index in [2.05, 4.69) is 0 Å². The van der Waals surface area contributed by atoms with E-state index in [1.54, 1.807) is 14.0 Å². The standard InChI is InChI=1S/C11H17NO2/c1-7-4-5-9(14-3)6-10(7)11(13)8(2)12/h4-6,8,11,13H,12H2,1-3H3/t8-,11-/m1/s1. The summed E-state index contributed by atoms with van der Waals surface area (Å²) in [5.74, 6) is 0.741. The molecule has 0 bridgehead atoms. The van der Waals surface area contributed by atoms with Crippen LogP contribution in [0.25, 0.3) is 0 Å². The number of aryl methyl sites for hydroxylation is 1. The fourth-order valence-electron chi connectivity index (χ4n) is 1.35. The van der Waals surface area contributed by atoms with Crippen LogP contribution in [-0.4, -0.2) is 18.3 Å². The summed E-state index contributed by atoms with van der Waals surface area (Å²) < 4.78 is 5.09. The van der Waals surface area contributed by atoms with Gasteiger partial charge in [0.1, 0.15) is 5.75 Å². The molecule has 0 saturated heterocycles. The second-order valence-electron chi connectivity index (χ2n) is 3.53. The first-order chi connectivity index (χ1) is 6.56. The van der Waals surface area contributed by atoms with Gasteiger partial charge in [-0.15, -0.1) is 0 Å². The molecule has 0 aromatic heterocycles. The van der Waals surface area contributed by atoms with Gasteiger partial charge in [-0.05, 0) is 37.1 Å². The van der Waals surface area contributed by atoms with Crippen LogP contribution in [0.4, 0.5) is 0 Å². The van der Waals surface area contributed by atoms with Crippen molar-refractivity contribution in [2.45, 2.75) is 26.0 Å². The quantitative estimate of drug-likeness (QED) is 0.766. The van der Waals surface area contributed by atoms with Crippen LogP contribution in [0.15, 0.2) is 18.2 Å². The minimum Gasteiger partial charge on any atom is -0.497 e. The summed E-state index contributed by atoms with van der Waals surface area (Å²) >= 11 is 0. The molecule has 0 unspecified atom stereocenters. The Kier molecular flexibility index (Phi) is 3.49. The lowest BCUT2D eigenvalue weighted by Crippen LogP contribution is -2.25. The fraction of sp³-hybridized carbons (Fsp3) is 0.455.